The van der Waals surface area contributed by atoms with Gasteiger partial charge in [-0.2, -0.15) is 5.26 Å². The van der Waals surface area contributed by atoms with Gasteiger partial charge in [-0.1, -0.05) is 67.6 Å². The molecule has 1 fully saturated rings. The molecule has 5 heteroatoms. The summed E-state index contributed by atoms with van der Waals surface area (Å²) in [5.41, 5.74) is 0.893. The van der Waals surface area contributed by atoms with Crippen LogP contribution in [0, 0.1) is 29.0 Å². The summed E-state index contributed by atoms with van der Waals surface area (Å²) in [4.78, 5) is 2.42. The molecule has 0 bridgehead atoms. The number of halogens is 1. The number of likely N-dealkylation sites (tertiary alicyclic amines) is 1. The molecule has 1 aliphatic rings. The van der Waals surface area contributed by atoms with Gasteiger partial charge in [-0.15, -0.1) is 0 Å². The van der Waals surface area contributed by atoms with Gasteiger partial charge in [0, 0.05) is 18.5 Å². The summed E-state index contributed by atoms with van der Waals surface area (Å²) < 4.78 is 19.6. The number of ether oxygens (including phenoxy) is 1. The first-order chi connectivity index (χ1) is 16.5. The summed E-state index contributed by atoms with van der Waals surface area (Å²) in [5, 5.41) is 20.9. The Morgan fingerprint density at radius 2 is 1.62 bits per heavy atom. The molecular weight excluding hydrogens is 427 g/mol. The SMILES string of the molecule is CC(COc1ccc(C#N)c(F)c1)CN1CCC(C(O)(c2ccccc2)c2ccccc2)CC1. The van der Waals surface area contributed by atoms with Crippen LogP contribution in [-0.4, -0.2) is 36.2 Å². The third-order valence-corrected chi connectivity index (χ3v) is 6.77. The topological polar surface area (TPSA) is 56.5 Å². The van der Waals surface area contributed by atoms with E-state index in [1.165, 1.54) is 12.1 Å². The van der Waals surface area contributed by atoms with Crippen LogP contribution < -0.4 is 4.74 Å². The molecule has 4 rings (SSSR count). The number of nitrogens with zero attached hydrogens (tertiary/aromatic N) is 2. The van der Waals surface area contributed by atoms with E-state index < -0.39 is 11.4 Å². The van der Waals surface area contributed by atoms with E-state index in [2.05, 4.69) is 11.8 Å². The minimum absolute atomic E-state index is 0.0224. The third kappa shape index (κ3) is 5.30. The predicted octanol–water partition coefficient (Wildman–Crippen LogP) is 5.36. The lowest BCUT2D eigenvalue weighted by Gasteiger charge is -2.42. The Hall–Kier alpha value is -3.20. The summed E-state index contributed by atoms with van der Waals surface area (Å²) in [6.45, 7) is 5.28. The summed E-state index contributed by atoms with van der Waals surface area (Å²) in [7, 11) is 0. The first-order valence-corrected chi connectivity index (χ1v) is 11.9. The molecule has 0 amide bonds. The van der Waals surface area contributed by atoms with Crippen LogP contribution in [0.15, 0.2) is 78.9 Å². The molecule has 176 valence electrons. The van der Waals surface area contributed by atoms with Crippen molar-refractivity contribution in [2.75, 3.05) is 26.2 Å². The van der Waals surface area contributed by atoms with Gasteiger partial charge < -0.3 is 14.7 Å². The fourth-order valence-electron chi connectivity index (χ4n) is 4.96. The molecule has 0 aromatic heterocycles. The Labute approximate surface area is 201 Å². The highest BCUT2D eigenvalue weighted by atomic mass is 19.1. The number of rotatable bonds is 8. The van der Waals surface area contributed by atoms with Gasteiger partial charge in [0.2, 0.25) is 0 Å². The zero-order valence-electron chi connectivity index (χ0n) is 19.5. The quantitative estimate of drug-likeness (QED) is 0.494. The minimum atomic E-state index is -1.01. The lowest BCUT2D eigenvalue weighted by atomic mass is 9.72. The van der Waals surface area contributed by atoms with E-state index in [9.17, 15) is 9.50 Å². The Kier molecular flexibility index (Phi) is 7.62. The molecule has 1 atom stereocenters. The van der Waals surface area contributed by atoms with Crippen molar-refractivity contribution in [3.63, 3.8) is 0 Å². The van der Waals surface area contributed by atoms with E-state index >= 15 is 0 Å². The number of piperidine rings is 1. The van der Waals surface area contributed by atoms with Crippen molar-refractivity contribution >= 4 is 0 Å². The molecule has 0 aliphatic carbocycles. The van der Waals surface area contributed by atoms with E-state index in [-0.39, 0.29) is 17.4 Å². The first-order valence-electron chi connectivity index (χ1n) is 11.9. The summed E-state index contributed by atoms with van der Waals surface area (Å²) >= 11 is 0. The van der Waals surface area contributed by atoms with E-state index in [1.807, 2.05) is 66.7 Å². The highest BCUT2D eigenvalue weighted by molar-refractivity contribution is 5.37. The Morgan fingerprint density at radius 1 is 1.03 bits per heavy atom. The van der Waals surface area contributed by atoms with Gasteiger partial charge in [0.1, 0.15) is 23.2 Å². The number of nitriles is 1. The van der Waals surface area contributed by atoms with Gasteiger partial charge >= 0.3 is 0 Å². The van der Waals surface area contributed by atoms with Crippen LogP contribution in [0.5, 0.6) is 5.75 Å². The molecule has 34 heavy (non-hydrogen) atoms. The lowest BCUT2D eigenvalue weighted by Crippen LogP contribution is -2.45. The second-order valence-corrected chi connectivity index (χ2v) is 9.24. The average molecular weight is 459 g/mol. The molecule has 4 nitrogen and oxygen atoms in total. The summed E-state index contributed by atoms with van der Waals surface area (Å²) in [6.07, 6.45) is 1.80. The fraction of sp³-hybridized carbons (Fsp3) is 0.345. The van der Waals surface area contributed by atoms with Gasteiger partial charge in [0.15, 0.2) is 0 Å². The Morgan fingerprint density at radius 3 is 2.15 bits per heavy atom. The molecule has 3 aromatic rings. The number of hydrogen-bond donors (Lipinski definition) is 1. The van der Waals surface area contributed by atoms with Crippen molar-refractivity contribution in [1.29, 1.82) is 5.26 Å². The largest absolute Gasteiger partial charge is 0.493 e. The fourth-order valence-corrected chi connectivity index (χ4v) is 4.96. The van der Waals surface area contributed by atoms with Crippen LogP contribution in [0.4, 0.5) is 4.39 Å². The first kappa shape index (κ1) is 23.9. The van der Waals surface area contributed by atoms with Crippen molar-refractivity contribution in [1.82, 2.24) is 4.90 Å². The molecule has 0 radical (unpaired) electrons. The monoisotopic (exact) mass is 458 g/mol. The van der Waals surface area contributed by atoms with Crippen LogP contribution in [-0.2, 0) is 5.60 Å². The maximum atomic E-state index is 13.8. The minimum Gasteiger partial charge on any atom is -0.493 e. The van der Waals surface area contributed by atoms with Gasteiger partial charge in [0.25, 0.3) is 0 Å². The Bertz CT molecular complexity index is 1070. The molecule has 3 aromatic carbocycles. The second-order valence-electron chi connectivity index (χ2n) is 9.24. The van der Waals surface area contributed by atoms with Gasteiger partial charge in [-0.05, 0) is 55.1 Å². The van der Waals surface area contributed by atoms with Crippen molar-refractivity contribution in [2.24, 2.45) is 11.8 Å². The normalized spacial score (nSPS) is 16.1. The maximum absolute atomic E-state index is 13.8. The molecule has 1 unspecified atom stereocenters. The molecule has 0 saturated carbocycles. The van der Waals surface area contributed by atoms with E-state index in [0.717, 1.165) is 43.6 Å². The highest BCUT2D eigenvalue weighted by Crippen LogP contribution is 2.41. The molecule has 0 spiro atoms. The van der Waals surface area contributed by atoms with Crippen molar-refractivity contribution in [3.05, 3.63) is 101 Å². The lowest BCUT2D eigenvalue weighted by molar-refractivity contribution is -0.0164. The van der Waals surface area contributed by atoms with Gasteiger partial charge in [-0.3, -0.25) is 0 Å². The molecule has 1 saturated heterocycles. The zero-order chi connectivity index (χ0) is 24.0. The maximum Gasteiger partial charge on any atom is 0.144 e. The van der Waals surface area contributed by atoms with Crippen LogP contribution in [0.3, 0.4) is 0 Å². The van der Waals surface area contributed by atoms with Crippen LogP contribution in [0.2, 0.25) is 0 Å². The molecular formula is C29H31FN2O2. The van der Waals surface area contributed by atoms with Crippen molar-refractivity contribution < 1.29 is 14.2 Å². The van der Waals surface area contributed by atoms with Gasteiger partial charge in [0.05, 0.1) is 12.2 Å². The molecule has 1 N–H and O–H groups in total. The van der Waals surface area contributed by atoms with Crippen LogP contribution >= 0.6 is 0 Å². The van der Waals surface area contributed by atoms with E-state index in [4.69, 9.17) is 10.00 Å². The molecule has 1 heterocycles. The summed E-state index contributed by atoms with van der Waals surface area (Å²) in [5.74, 6) is 0.274. The van der Waals surface area contributed by atoms with Gasteiger partial charge in [-0.25, -0.2) is 4.39 Å². The standard InChI is InChI=1S/C29H31FN2O2/c1-22(21-34-27-13-12-23(19-31)28(30)18-27)20-32-16-14-26(15-17-32)29(33,24-8-4-2-5-9-24)25-10-6-3-7-11-25/h2-13,18,22,26,33H,14-17,20-21H2,1H3. The van der Waals surface area contributed by atoms with Crippen LogP contribution in [0.25, 0.3) is 0 Å². The molecule has 1 aliphatic heterocycles. The van der Waals surface area contributed by atoms with E-state index in [1.54, 1.807) is 6.07 Å². The van der Waals surface area contributed by atoms with E-state index in [0.29, 0.717) is 12.4 Å². The number of aliphatic hydroxyl groups is 1. The number of benzene rings is 3. The van der Waals surface area contributed by atoms with Crippen LogP contribution in [0.1, 0.15) is 36.5 Å². The second kappa shape index (κ2) is 10.8. The van der Waals surface area contributed by atoms with Crippen molar-refractivity contribution in [3.8, 4) is 11.8 Å². The van der Waals surface area contributed by atoms with Crippen molar-refractivity contribution in [2.45, 2.75) is 25.4 Å². The smallest absolute Gasteiger partial charge is 0.144 e. The third-order valence-electron chi connectivity index (χ3n) is 6.77. The zero-order valence-corrected chi connectivity index (χ0v) is 19.5. The predicted molar refractivity (Wildman–Crippen MR) is 131 cm³/mol. The highest BCUT2D eigenvalue weighted by Gasteiger charge is 2.41. The summed E-state index contributed by atoms with van der Waals surface area (Å²) in [6, 6.07) is 26.1. The number of hydrogen-bond acceptors (Lipinski definition) is 4. The Balaban J connectivity index is 1.35. The average Bonchev–Trinajstić information content (AvgIpc) is 2.88.